The van der Waals surface area contributed by atoms with Crippen LogP contribution >= 0.6 is 11.8 Å². The van der Waals surface area contributed by atoms with Gasteiger partial charge in [0.1, 0.15) is 5.69 Å². The Morgan fingerprint density at radius 1 is 1.19 bits per heavy atom. The fourth-order valence-corrected chi connectivity index (χ4v) is 2.81. The molecule has 0 fully saturated rings. The van der Waals surface area contributed by atoms with Crippen LogP contribution in [0.5, 0.6) is 0 Å². The number of nitro groups is 1. The van der Waals surface area contributed by atoms with Gasteiger partial charge in [-0.1, -0.05) is 42.1 Å². The summed E-state index contributed by atoms with van der Waals surface area (Å²) in [5, 5.41) is 21.6. The summed E-state index contributed by atoms with van der Waals surface area (Å²) in [4.78, 5) is 22.5. The molecular formula is C17H14N4O4S. The van der Waals surface area contributed by atoms with Crippen LogP contribution in [-0.4, -0.2) is 26.8 Å². The van der Waals surface area contributed by atoms with E-state index in [-0.39, 0.29) is 22.4 Å². The van der Waals surface area contributed by atoms with E-state index in [1.807, 2.05) is 31.2 Å². The highest BCUT2D eigenvalue weighted by Gasteiger charge is 2.16. The Morgan fingerprint density at radius 2 is 1.92 bits per heavy atom. The average Bonchev–Trinajstić information content (AvgIpc) is 3.09. The quantitative estimate of drug-likeness (QED) is 0.400. The first-order valence-electron chi connectivity index (χ1n) is 7.60. The SMILES string of the molecule is Cc1ccccc1-c1nnc(SCC(=O)Nc2ccccc2[N+](=O)[O-])o1. The molecule has 9 heteroatoms. The molecule has 0 spiro atoms. The second-order valence-electron chi connectivity index (χ2n) is 5.30. The van der Waals surface area contributed by atoms with E-state index in [9.17, 15) is 14.9 Å². The van der Waals surface area contributed by atoms with E-state index in [1.54, 1.807) is 6.07 Å². The first-order valence-corrected chi connectivity index (χ1v) is 8.58. The van der Waals surface area contributed by atoms with Gasteiger partial charge in [0.15, 0.2) is 0 Å². The Balaban J connectivity index is 1.63. The summed E-state index contributed by atoms with van der Waals surface area (Å²) in [6.07, 6.45) is 0. The number of nitrogens with zero attached hydrogens (tertiary/aromatic N) is 3. The number of carbonyl (C=O) groups excluding carboxylic acids is 1. The van der Waals surface area contributed by atoms with Gasteiger partial charge in [-0.3, -0.25) is 14.9 Å². The number of nitrogens with one attached hydrogen (secondary N) is 1. The molecule has 0 saturated heterocycles. The second kappa shape index (κ2) is 7.79. The lowest BCUT2D eigenvalue weighted by atomic mass is 10.1. The van der Waals surface area contributed by atoms with Gasteiger partial charge in [-0.25, -0.2) is 0 Å². The molecule has 8 nitrogen and oxygen atoms in total. The number of amides is 1. The minimum Gasteiger partial charge on any atom is -0.411 e. The summed E-state index contributed by atoms with van der Waals surface area (Å²) >= 11 is 1.06. The minimum atomic E-state index is -0.546. The number of nitro benzene ring substituents is 1. The van der Waals surface area contributed by atoms with Crippen LogP contribution < -0.4 is 5.32 Å². The maximum absolute atomic E-state index is 12.0. The van der Waals surface area contributed by atoms with Crippen LogP contribution in [0, 0.1) is 17.0 Å². The highest BCUT2D eigenvalue weighted by atomic mass is 32.2. The van der Waals surface area contributed by atoms with Crippen LogP contribution in [-0.2, 0) is 4.79 Å². The monoisotopic (exact) mass is 370 g/mol. The molecule has 1 amide bonds. The molecule has 0 saturated carbocycles. The lowest BCUT2D eigenvalue weighted by molar-refractivity contribution is -0.383. The fraction of sp³-hybridized carbons (Fsp3) is 0.118. The Hall–Kier alpha value is -3.20. The van der Waals surface area contributed by atoms with Crippen LogP contribution in [0.2, 0.25) is 0 Å². The molecule has 1 aromatic heterocycles. The normalized spacial score (nSPS) is 10.5. The highest BCUT2D eigenvalue weighted by molar-refractivity contribution is 7.99. The summed E-state index contributed by atoms with van der Waals surface area (Å²) in [6.45, 7) is 1.94. The minimum absolute atomic E-state index is 0.0124. The molecule has 0 aliphatic carbocycles. The number of anilines is 1. The number of hydrogen-bond donors (Lipinski definition) is 1. The number of thioether (sulfide) groups is 1. The van der Waals surface area contributed by atoms with Gasteiger partial charge in [0.05, 0.1) is 10.7 Å². The maximum atomic E-state index is 12.0. The highest BCUT2D eigenvalue weighted by Crippen LogP contribution is 2.26. The molecule has 0 bridgehead atoms. The molecule has 0 aliphatic rings. The van der Waals surface area contributed by atoms with Crippen LogP contribution in [0.3, 0.4) is 0 Å². The molecule has 1 N–H and O–H groups in total. The number of aromatic nitrogens is 2. The predicted molar refractivity (Wildman–Crippen MR) is 96.9 cm³/mol. The summed E-state index contributed by atoms with van der Waals surface area (Å²) < 4.78 is 5.57. The Labute approximate surface area is 152 Å². The van der Waals surface area contributed by atoms with Crippen molar-refractivity contribution in [1.29, 1.82) is 0 Å². The van der Waals surface area contributed by atoms with Gasteiger partial charge in [0.2, 0.25) is 11.8 Å². The average molecular weight is 370 g/mol. The molecule has 26 heavy (non-hydrogen) atoms. The smallest absolute Gasteiger partial charge is 0.292 e. The molecule has 132 valence electrons. The number of para-hydroxylation sites is 2. The molecule has 0 atom stereocenters. The largest absolute Gasteiger partial charge is 0.411 e. The Bertz CT molecular complexity index is 957. The van der Waals surface area contributed by atoms with Crippen molar-refractivity contribution >= 4 is 29.0 Å². The third-order valence-corrected chi connectivity index (χ3v) is 4.30. The zero-order chi connectivity index (χ0) is 18.5. The van der Waals surface area contributed by atoms with Gasteiger partial charge in [-0.15, -0.1) is 10.2 Å². The first-order chi connectivity index (χ1) is 12.5. The molecular weight excluding hydrogens is 356 g/mol. The lowest BCUT2D eigenvalue weighted by Crippen LogP contribution is -2.15. The number of aryl methyl sites for hydroxylation is 1. The van der Waals surface area contributed by atoms with E-state index >= 15 is 0 Å². The van der Waals surface area contributed by atoms with Gasteiger partial charge in [-0.2, -0.15) is 0 Å². The Kier molecular flexibility index (Phi) is 5.28. The third kappa shape index (κ3) is 4.06. The molecule has 1 heterocycles. The van der Waals surface area contributed by atoms with Gasteiger partial charge in [0, 0.05) is 11.6 Å². The molecule has 0 aliphatic heterocycles. The van der Waals surface area contributed by atoms with Crippen molar-refractivity contribution in [2.45, 2.75) is 12.1 Å². The zero-order valence-electron chi connectivity index (χ0n) is 13.7. The molecule has 3 rings (SSSR count). The Morgan fingerprint density at radius 3 is 2.69 bits per heavy atom. The van der Waals surface area contributed by atoms with E-state index in [4.69, 9.17) is 4.42 Å². The topological polar surface area (TPSA) is 111 Å². The van der Waals surface area contributed by atoms with Crippen molar-refractivity contribution in [3.63, 3.8) is 0 Å². The number of rotatable bonds is 6. The van der Waals surface area contributed by atoms with Crippen LogP contribution in [0.4, 0.5) is 11.4 Å². The first kappa shape index (κ1) is 17.6. The number of benzene rings is 2. The van der Waals surface area contributed by atoms with Crippen molar-refractivity contribution in [3.8, 4) is 11.5 Å². The van der Waals surface area contributed by atoms with Crippen molar-refractivity contribution < 1.29 is 14.1 Å². The van der Waals surface area contributed by atoms with E-state index in [1.165, 1.54) is 18.2 Å². The van der Waals surface area contributed by atoms with Crippen molar-refractivity contribution in [1.82, 2.24) is 10.2 Å². The molecule has 3 aromatic rings. The van der Waals surface area contributed by atoms with Crippen molar-refractivity contribution in [2.24, 2.45) is 0 Å². The van der Waals surface area contributed by atoms with Gasteiger partial charge < -0.3 is 9.73 Å². The van der Waals surface area contributed by atoms with Crippen LogP contribution in [0.15, 0.2) is 58.2 Å². The maximum Gasteiger partial charge on any atom is 0.292 e. The van der Waals surface area contributed by atoms with Crippen molar-refractivity contribution in [2.75, 3.05) is 11.1 Å². The number of hydrogen-bond acceptors (Lipinski definition) is 7. The van der Waals surface area contributed by atoms with Crippen LogP contribution in [0.1, 0.15) is 5.56 Å². The fourth-order valence-electron chi connectivity index (χ4n) is 2.24. The zero-order valence-corrected chi connectivity index (χ0v) is 14.5. The van der Waals surface area contributed by atoms with E-state index in [2.05, 4.69) is 15.5 Å². The molecule has 2 aromatic carbocycles. The van der Waals surface area contributed by atoms with Crippen molar-refractivity contribution in [3.05, 3.63) is 64.2 Å². The van der Waals surface area contributed by atoms with Gasteiger partial charge in [0.25, 0.3) is 10.9 Å². The summed E-state index contributed by atoms with van der Waals surface area (Å²) in [5.74, 6) is -0.0359. The molecule has 0 unspecified atom stereocenters. The lowest BCUT2D eigenvalue weighted by Gasteiger charge is -2.04. The van der Waals surface area contributed by atoms with E-state index in [0.717, 1.165) is 22.9 Å². The predicted octanol–water partition coefficient (Wildman–Crippen LogP) is 3.68. The summed E-state index contributed by atoms with van der Waals surface area (Å²) in [5.41, 5.74) is 1.82. The van der Waals surface area contributed by atoms with E-state index in [0.29, 0.717) is 5.89 Å². The van der Waals surface area contributed by atoms with E-state index < -0.39 is 10.8 Å². The summed E-state index contributed by atoms with van der Waals surface area (Å²) in [6, 6.07) is 13.6. The third-order valence-electron chi connectivity index (χ3n) is 3.48. The van der Waals surface area contributed by atoms with Gasteiger partial charge in [-0.05, 0) is 24.6 Å². The molecule has 0 radical (unpaired) electrons. The summed E-state index contributed by atoms with van der Waals surface area (Å²) in [7, 11) is 0. The standard InChI is InChI=1S/C17H14N4O4S/c1-11-6-2-3-7-12(11)16-19-20-17(25-16)26-10-15(22)18-13-8-4-5-9-14(13)21(23)24/h2-9H,10H2,1H3,(H,18,22). The second-order valence-corrected chi connectivity index (χ2v) is 6.23. The van der Waals surface area contributed by atoms with Gasteiger partial charge >= 0.3 is 0 Å². The number of carbonyl (C=O) groups is 1. The van der Waals surface area contributed by atoms with Crippen LogP contribution in [0.25, 0.3) is 11.5 Å².